The molecule has 0 spiro atoms. The van der Waals surface area contributed by atoms with Crippen molar-refractivity contribution >= 4 is 26.6 Å². The second kappa shape index (κ2) is 7.19. The zero-order chi connectivity index (χ0) is 18.7. The van der Waals surface area contributed by atoms with E-state index in [2.05, 4.69) is 10.3 Å². The highest BCUT2D eigenvalue weighted by atomic mass is 32.2. The number of nitrogens with two attached hydrogens (primary N) is 1. The minimum absolute atomic E-state index is 0.0902. The summed E-state index contributed by atoms with van der Waals surface area (Å²) in [7, 11) is -0.528. The van der Waals surface area contributed by atoms with Gasteiger partial charge in [0.05, 0.1) is 19.1 Å². The van der Waals surface area contributed by atoms with Crippen LogP contribution >= 0.6 is 0 Å². The molecule has 0 aliphatic rings. The molecule has 0 bridgehead atoms. The van der Waals surface area contributed by atoms with Crippen LogP contribution < -0.4 is 19.9 Å². The number of aromatic nitrogens is 1. The van der Waals surface area contributed by atoms with E-state index < -0.39 is 10.0 Å². The van der Waals surface area contributed by atoms with Gasteiger partial charge in [-0.1, -0.05) is 12.1 Å². The van der Waals surface area contributed by atoms with Gasteiger partial charge in [-0.25, -0.2) is 13.6 Å². The lowest BCUT2D eigenvalue weighted by Crippen LogP contribution is -2.12. The van der Waals surface area contributed by atoms with E-state index in [9.17, 15) is 8.42 Å². The molecule has 0 amide bonds. The Morgan fingerprint density at radius 1 is 1.04 bits per heavy atom. The number of primary sulfonamides is 1. The van der Waals surface area contributed by atoms with Gasteiger partial charge >= 0.3 is 0 Å². The molecule has 2 aromatic carbocycles. The van der Waals surface area contributed by atoms with Gasteiger partial charge < -0.3 is 14.8 Å². The van der Waals surface area contributed by atoms with Crippen LogP contribution in [0.25, 0.3) is 10.9 Å². The normalized spacial score (nSPS) is 11.3. The van der Waals surface area contributed by atoms with E-state index in [1.807, 2.05) is 18.2 Å². The van der Waals surface area contributed by atoms with E-state index in [1.54, 1.807) is 32.5 Å². The molecule has 0 fully saturated rings. The van der Waals surface area contributed by atoms with Crippen molar-refractivity contribution in [3.8, 4) is 11.5 Å². The number of pyridine rings is 1. The Bertz CT molecular complexity index is 1030. The summed E-state index contributed by atoms with van der Waals surface area (Å²) in [6.07, 6.45) is 1.69. The van der Waals surface area contributed by atoms with Gasteiger partial charge in [-0.2, -0.15) is 0 Å². The number of methoxy groups -OCH3 is 2. The van der Waals surface area contributed by atoms with Crippen LogP contribution in [-0.4, -0.2) is 27.6 Å². The zero-order valence-electron chi connectivity index (χ0n) is 14.4. The first-order valence-corrected chi connectivity index (χ1v) is 9.34. The molecule has 3 N–H and O–H groups in total. The van der Waals surface area contributed by atoms with Crippen LogP contribution in [0.2, 0.25) is 0 Å². The molecule has 0 saturated carbocycles. The van der Waals surface area contributed by atoms with Crippen molar-refractivity contribution in [1.82, 2.24) is 4.98 Å². The molecule has 3 aromatic rings. The fraction of sp³-hybridized carbons (Fsp3) is 0.167. The van der Waals surface area contributed by atoms with Crippen molar-refractivity contribution < 1.29 is 17.9 Å². The van der Waals surface area contributed by atoms with E-state index in [1.165, 1.54) is 12.1 Å². The first-order chi connectivity index (χ1) is 12.4. The SMILES string of the molecule is COc1ccc2c(NCc3ccc(S(N)(=O)=O)cc3)ccnc2c1OC. The standard InChI is InChI=1S/C18H19N3O4S/c1-24-16-8-7-14-15(9-10-20-17(14)18(16)25-2)21-11-12-3-5-13(6-4-12)26(19,22)23/h3-10H,11H2,1-2H3,(H,20,21)(H2,19,22,23). The molecular formula is C18H19N3O4S. The van der Waals surface area contributed by atoms with E-state index >= 15 is 0 Å². The van der Waals surface area contributed by atoms with Crippen LogP contribution in [0.1, 0.15) is 5.56 Å². The maximum atomic E-state index is 11.3. The summed E-state index contributed by atoms with van der Waals surface area (Å²) in [6, 6.07) is 12.0. The molecule has 8 heteroatoms. The highest BCUT2D eigenvalue weighted by Gasteiger charge is 2.12. The predicted octanol–water partition coefficient (Wildman–Crippen LogP) is 2.51. The highest BCUT2D eigenvalue weighted by molar-refractivity contribution is 7.89. The molecule has 0 atom stereocenters. The van der Waals surface area contributed by atoms with Crippen LogP contribution in [0.15, 0.2) is 53.6 Å². The fourth-order valence-electron chi connectivity index (χ4n) is 2.68. The van der Waals surface area contributed by atoms with E-state index in [0.29, 0.717) is 23.6 Å². The summed E-state index contributed by atoms with van der Waals surface area (Å²) in [5, 5.41) is 9.34. The lowest BCUT2D eigenvalue weighted by Gasteiger charge is -2.13. The monoisotopic (exact) mass is 373 g/mol. The lowest BCUT2D eigenvalue weighted by molar-refractivity contribution is 0.358. The molecule has 0 aliphatic carbocycles. The van der Waals surface area contributed by atoms with Crippen molar-refractivity contribution in [2.75, 3.05) is 19.5 Å². The smallest absolute Gasteiger partial charge is 0.238 e. The number of sulfonamides is 1. The zero-order valence-corrected chi connectivity index (χ0v) is 15.2. The molecule has 136 valence electrons. The van der Waals surface area contributed by atoms with Gasteiger partial charge in [-0.3, -0.25) is 4.98 Å². The van der Waals surface area contributed by atoms with Gasteiger partial charge in [0.15, 0.2) is 11.5 Å². The summed E-state index contributed by atoms with van der Waals surface area (Å²) in [5.41, 5.74) is 2.50. The molecule has 0 radical (unpaired) electrons. The van der Waals surface area contributed by atoms with Crippen molar-refractivity contribution in [2.45, 2.75) is 11.4 Å². The Morgan fingerprint density at radius 3 is 2.38 bits per heavy atom. The molecule has 26 heavy (non-hydrogen) atoms. The third-order valence-corrected chi connectivity index (χ3v) is 4.92. The molecule has 1 aromatic heterocycles. The van der Waals surface area contributed by atoms with Crippen LogP contribution in [0.3, 0.4) is 0 Å². The molecular weight excluding hydrogens is 354 g/mol. The maximum Gasteiger partial charge on any atom is 0.238 e. The van der Waals surface area contributed by atoms with Crippen molar-refractivity contribution in [1.29, 1.82) is 0 Å². The van der Waals surface area contributed by atoms with Crippen LogP contribution in [0.4, 0.5) is 5.69 Å². The summed E-state index contributed by atoms with van der Waals surface area (Å²) < 4.78 is 33.4. The molecule has 1 heterocycles. The number of hydrogen-bond acceptors (Lipinski definition) is 6. The van der Waals surface area contributed by atoms with Gasteiger partial charge in [0.2, 0.25) is 10.0 Å². The van der Waals surface area contributed by atoms with E-state index in [-0.39, 0.29) is 4.90 Å². The summed E-state index contributed by atoms with van der Waals surface area (Å²) in [5.74, 6) is 1.19. The Labute approximate surface area is 151 Å². The van der Waals surface area contributed by atoms with Crippen LogP contribution in [0.5, 0.6) is 11.5 Å². The van der Waals surface area contributed by atoms with Gasteiger partial charge in [0, 0.05) is 23.8 Å². The van der Waals surface area contributed by atoms with E-state index in [4.69, 9.17) is 14.6 Å². The Balaban J connectivity index is 1.87. The minimum Gasteiger partial charge on any atom is -0.493 e. The molecule has 7 nitrogen and oxygen atoms in total. The first-order valence-electron chi connectivity index (χ1n) is 7.79. The Hall–Kier alpha value is -2.84. The number of ether oxygens (including phenoxy) is 2. The average Bonchev–Trinajstić information content (AvgIpc) is 2.64. The topological polar surface area (TPSA) is 104 Å². The minimum atomic E-state index is -3.68. The number of anilines is 1. The van der Waals surface area contributed by atoms with Crippen molar-refractivity contribution in [2.24, 2.45) is 5.14 Å². The molecule has 0 unspecified atom stereocenters. The summed E-state index contributed by atoms with van der Waals surface area (Å²) in [6.45, 7) is 0.512. The summed E-state index contributed by atoms with van der Waals surface area (Å²) in [4.78, 5) is 4.48. The number of fused-ring (bicyclic) bond motifs is 1. The lowest BCUT2D eigenvalue weighted by atomic mass is 10.1. The van der Waals surface area contributed by atoms with Crippen molar-refractivity contribution in [3.05, 3.63) is 54.2 Å². The maximum absolute atomic E-state index is 11.3. The average molecular weight is 373 g/mol. The fourth-order valence-corrected chi connectivity index (χ4v) is 3.20. The second-order valence-corrected chi connectivity index (χ2v) is 7.16. The number of benzene rings is 2. The molecule has 3 rings (SSSR count). The first kappa shape index (κ1) is 18.0. The molecule has 0 aliphatic heterocycles. The van der Waals surface area contributed by atoms with Gasteiger partial charge in [-0.15, -0.1) is 0 Å². The predicted molar refractivity (Wildman–Crippen MR) is 100.0 cm³/mol. The van der Waals surface area contributed by atoms with Gasteiger partial charge in [0.25, 0.3) is 0 Å². The third kappa shape index (κ3) is 3.56. The van der Waals surface area contributed by atoms with E-state index in [0.717, 1.165) is 16.6 Å². The Kier molecular flexibility index (Phi) is 4.97. The largest absolute Gasteiger partial charge is 0.493 e. The quantitative estimate of drug-likeness (QED) is 0.688. The van der Waals surface area contributed by atoms with Crippen LogP contribution in [0, 0.1) is 0 Å². The highest BCUT2D eigenvalue weighted by Crippen LogP contribution is 2.36. The number of rotatable bonds is 6. The number of hydrogen-bond donors (Lipinski definition) is 2. The second-order valence-electron chi connectivity index (χ2n) is 5.60. The van der Waals surface area contributed by atoms with Gasteiger partial charge in [-0.05, 0) is 35.9 Å². The molecule has 0 saturated heterocycles. The number of nitrogens with one attached hydrogen (secondary N) is 1. The number of nitrogens with zero attached hydrogens (tertiary/aromatic N) is 1. The van der Waals surface area contributed by atoms with Crippen LogP contribution in [-0.2, 0) is 16.6 Å². The Morgan fingerprint density at radius 2 is 1.77 bits per heavy atom. The summed E-state index contributed by atoms with van der Waals surface area (Å²) >= 11 is 0. The van der Waals surface area contributed by atoms with Gasteiger partial charge in [0.1, 0.15) is 5.52 Å². The third-order valence-electron chi connectivity index (χ3n) is 3.99. The van der Waals surface area contributed by atoms with Crippen molar-refractivity contribution in [3.63, 3.8) is 0 Å².